The molecule has 1 aromatic rings. The van der Waals surface area contributed by atoms with Gasteiger partial charge in [0.25, 0.3) is 0 Å². The van der Waals surface area contributed by atoms with Crippen molar-refractivity contribution < 1.29 is 28.3 Å². The molecule has 1 atom stereocenters. The van der Waals surface area contributed by atoms with Crippen LogP contribution in [-0.2, 0) is 9.59 Å². The summed E-state index contributed by atoms with van der Waals surface area (Å²) in [5.41, 5.74) is -0.0478. The van der Waals surface area contributed by atoms with E-state index < -0.39 is 35.5 Å². The summed E-state index contributed by atoms with van der Waals surface area (Å²) in [5.74, 6) is -3.87. The zero-order valence-corrected chi connectivity index (χ0v) is 18.4. The Morgan fingerprint density at radius 1 is 1.09 bits per heavy atom. The van der Waals surface area contributed by atoms with E-state index in [2.05, 4.69) is 31.0 Å². The lowest BCUT2D eigenvalue weighted by molar-refractivity contribution is -0.134. The number of likely N-dealkylation sites (tertiary alicyclic amines) is 1. The molecular weight excluding hydrogens is 422 g/mol. The minimum absolute atomic E-state index is 0.0222. The summed E-state index contributed by atoms with van der Waals surface area (Å²) in [5, 5.41) is 11.8. The van der Waals surface area contributed by atoms with Gasteiger partial charge in [-0.25, -0.2) is 13.6 Å². The molecule has 4 rings (SSSR count). The molecule has 0 aliphatic carbocycles. The topological polar surface area (TPSA) is 93.2 Å². The molecule has 3 saturated heterocycles. The third kappa shape index (κ3) is 4.03. The first kappa shape index (κ1) is 22.4. The standard InChI is InChI=1S/C22H28F2N4O4/c1-22(2,3)27-10-14(11-27)28(21(31)32)13-8-26(9-13)12-6-16(23)19(17(24)7-12)15-4-5-18(29)25-20(15)30/h6-7,13-15H,4-5,8-11H2,1-3H3,(H,31,32)(H,25,29,30). The number of nitrogens with one attached hydrogen (secondary N) is 1. The molecule has 174 valence electrons. The van der Waals surface area contributed by atoms with Crippen LogP contribution in [0.4, 0.5) is 19.3 Å². The summed E-state index contributed by atoms with van der Waals surface area (Å²) in [6.07, 6.45) is -0.896. The average Bonchev–Trinajstić information content (AvgIpc) is 2.57. The largest absolute Gasteiger partial charge is 0.465 e. The van der Waals surface area contributed by atoms with Gasteiger partial charge in [0, 0.05) is 49.4 Å². The number of anilines is 1. The van der Waals surface area contributed by atoms with Crippen LogP contribution in [0.2, 0.25) is 0 Å². The van der Waals surface area contributed by atoms with Gasteiger partial charge in [-0.2, -0.15) is 0 Å². The summed E-state index contributed by atoms with van der Waals surface area (Å²) in [4.78, 5) is 40.6. The second-order valence-electron chi connectivity index (χ2n) is 9.81. The number of carbonyl (C=O) groups is 3. The number of hydrogen-bond acceptors (Lipinski definition) is 5. The molecular formula is C22H28F2N4O4. The quantitative estimate of drug-likeness (QED) is 0.683. The fraction of sp³-hybridized carbons (Fsp3) is 0.591. The van der Waals surface area contributed by atoms with E-state index in [-0.39, 0.29) is 36.0 Å². The number of benzene rings is 1. The molecule has 1 aromatic carbocycles. The molecule has 2 N–H and O–H groups in total. The normalized spacial score (nSPS) is 22.9. The second-order valence-corrected chi connectivity index (χ2v) is 9.81. The van der Waals surface area contributed by atoms with Gasteiger partial charge in [-0.05, 0) is 39.3 Å². The van der Waals surface area contributed by atoms with E-state index in [4.69, 9.17) is 0 Å². The van der Waals surface area contributed by atoms with Gasteiger partial charge in [0.2, 0.25) is 11.8 Å². The average molecular weight is 450 g/mol. The van der Waals surface area contributed by atoms with Gasteiger partial charge >= 0.3 is 6.09 Å². The highest BCUT2D eigenvalue weighted by atomic mass is 19.1. The van der Waals surface area contributed by atoms with Crippen molar-refractivity contribution in [3.63, 3.8) is 0 Å². The van der Waals surface area contributed by atoms with Gasteiger partial charge in [0.15, 0.2) is 0 Å². The summed E-state index contributed by atoms with van der Waals surface area (Å²) in [6, 6.07) is 2.00. The Bertz CT molecular complexity index is 929. The highest BCUT2D eigenvalue weighted by Crippen LogP contribution is 2.35. The summed E-state index contributed by atoms with van der Waals surface area (Å²) in [7, 11) is 0. The van der Waals surface area contributed by atoms with Crippen molar-refractivity contribution in [3.8, 4) is 0 Å². The van der Waals surface area contributed by atoms with Crippen molar-refractivity contribution in [2.45, 2.75) is 57.2 Å². The molecule has 3 fully saturated rings. The fourth-order valence-corrected chi connectivity index (χ4v) is 4.69. The van der Waals surface area contributed by atoms with Gasteiger partial charge in [-0.15, -0.1) is 0 Å². The van der Waals surface area contributed by atoms with Crippen molar-refractivity contribution >= 4 is 23.6 Å². The maximum absolute atomic E-state index is 14.8. The van der Waals surface area contributed by atoms with Gasteiger partial charge in [-0.3, -0.25) is 24.7 Å². The summed E-state index contributed by atoms with van der Waals surface area (Å²) < 4.78 is 29.6. The maximum Gasteiger partial charge on any atom is 0.408 e. The van der Waals surface area contributed by atoms with Crippen LogP contribution in [0.3, 0.4) is 0 Å². The monoisotopic (exact) mass is 450 g/mol. The Labute approximate surface area is 185 Å². The second kappa shape index (κ2) is 7.99. The van der Waals surface area contributed by atoms with E-state index in [9.17, 15) is 28.3 Å². The van der Waals surface area contributed by atoms with E-state index in [0.717, 1.165) is 0 Å². The lowest BCUT2D eigenvalue weighted by Gasteiger charge is -2.55. The lowest BCUT2D eigenvalue weighted by atomic mass is 9.89. The minimum Gasteiger partial charge on any atom is -0.465 e. The van der Waals surface area contributed by atoms with E-state index >= 15 is 0 Å². The van der Waals surface area contributed by atoms with Crippen molar-refractivity contribution in [1.29, 1.82) is 0 Å². The van der Waals surface area contributed by atoms with Gasteiger partial charge in [-0.1, -0.05) is 0 Å². The number of amides is 3. The Hall–Kier alpha value is -2.75. The molecule has 0 radical (unpaired) electrons. The number of carboxylic acid groups (broad SMARTS) is 1. The molecule has 0 aromatic heterocycles. The van der Waals surface area contributed by atoms with Crippen LogP contribution in [-0.4, -0.2) is 76.6 Å². The number of hydrogen-bond donors (Lipinski definition) is 2. The summed E-state index contributed by atoms with van der Waals surface area (Å²) >= 11 is 0. The first-order valence-corrected chi connectivity index (χ1v) is 10.8. The van der Waals surface area contributed by atoms with Crippen molar-refractivity contribution in [3.05, 3.63) is 29.3 Å². The molecule has 3 amide bonds. The van der Waals surface area contributed by atoms with Crippen molar-refractivity contribution in [1.82, 2.24) is 15.1 Å². The first-order chi connectivity index (χ1) is 15.0. The Morgan fingerprint density at radius 2 is 1.66 bits per heavy atom. The highest BCUT2D eigenvalue weighted by Gasteiger charge is 2.45. The van der Waals surface area contributed by atoms with Crippen molar-refractivity contribution in [2.24, 2.45) is 0 Å². The third-order valence-corrected chi connectivity index (χ3v) is 6.70. The zero-order chi connectivity index (χ0) is 23.4. The molecule has 3 aliphatic heterocycles. The molecule has 0 saturated carbocycles. The smallest absolute Gasteiger partial charge is 0.408 e. The molecule has 10 heteroatoms. The fourth-order valence-electron chi connectivity index (χ4n) is 4.69. The Morgan fingerprint density at radius 3 is 2.16 bits per heavy atom. The van der Waals surface area contributed by atoms with Gasteiger partial charge in [0.1, 0.15) is 11.6 Å². The maximum atomic E-state index is 14.8. The molecule has 0 bridgehead atoms. The Balaban J connectivity index is 1.42. The predicted molar refractivity (Wildman–Crippen MR) is 112 cm³/mol. The Kier molecular flexibility index (Phi) is 5.60. The molecule has 8 nitrogen and oxygen atoms in total. The van der Waals surface area contributed by atoms with Crippen LogP contribution in [0, 0.1) is 11.6 Å². The van der Waals surface area contributed by atoms with E-state index in [1.165, 1.54) is 17.0 Å². The minimum atomic E-state index is -1.04. The molecule has 0 spiro atoms. The predicted octanol–water partition coefficient (Wildman–Crippen LogP) is 2.14. The van der Waals surface area contributed by atoms with E-state index in [0.29, 0.717) is 31.9 Å². The van der Waals surface area contributed by atoms with Crippen molar-refractivity contribution in [2.75, 3.05) is 31.1 Å². The first-order valence-electron chi connectivity index (χ1n) is 10.8. The van der Waals surface area contributed by atoms with E-state index in [1.807, 2.05) is 0 Å². The summed E-state index contributed by atoms with van der Waals surface area (Å²) in [6.45, 7) is 8.26. The van der Waals surface area contributed by atoms with Crippen LogP contribution in [0.1, 0.15) is 45.1 Å². The van der Waals surface area contributed by atoms with E-state index in [1.54, 1.807) is 4.90 Å². The highest BCUT2D eigenvalue weighted by molar-refractivity contribution is 6.01. The number of nitrogens with zero attached hydrogens (tertiary/aromatic N) is 3. The number of carbonyl (C=O) groups excluding carboxylic acids is 2. The van der Waals surface area contributed by atoms with Crippen LogP contribution < -0.4 is 10.2 Å². The van der Waals surface area contributed by atoms with Crippen LogP contribution in [0.25, 0.3) is 0 Å². The number of piperidine rings is 1. The SMILES string of the molecule is CC(C)(C)N1CC(N(C(=O)O)C2CN(c3cc(F)c(C4CCC(=O)NC4=O)c(F)c3)C2)C1. The molecule has 32 heavy (non-hydrogen) atoms. The lowest BCUT2D eigenvalue weighted by Crippen LogP contribution is -2.71. The van der Waals surface area contributed by atoms with Gasteiger partial charge < -0.3 is 10.0 Å². The van der Waals surface area contributed by atoms with Crippen LogP contribution in [0.5, 0.6) is 0 Å². The zero-order valence-electron chi connectivity index (χ0n) is 18.4. The molecule has 3 heterocycles. The van der Waals surface area contributed by atoms with Crippen LogP contribution >= 0.6 is 0 Å². The van der Waals surface area contributed by atoms with Gasteiger partial charge in [0.05, 0.1) is 18.0 Å². The molecule has 3 aliphatic rings. The third-order valence-electron chi connectivity index (χ3n) is 6.70. The number of rotatable bonds is 4. The number of imide groups is 1. The number of halogens is 2. The van der Waals surface area contributed by atoms with Crippen LogP contribution in [0.15, 0.2) is 12.1 Å². The molecule has 1 unspecified atom stereocenters.